The largest absolute Gasteiger partial charge is 0.497 e. The molecule has 0 aliphatic heterocycles. The van der Waals surface area contributed by atoms with E-state index in [4.69, 9.17) is 9.47 Å². The van der Waals surface area contributed by atoms with Gasteiger partial charge in [0.15, 0.2) is 5.82 Å². The maximum absolute atomic E-state index is 12.3. The smallest absolute Gasteiger partial charge is 0.336 e. The molecule has 0 radical (unpaired) electrons. The number of aromatic nitrogens is 3. The molecule has 0 saturated heterocycles. The van der Waals surface area contributed by atoms with Crippen molar-refractivity contribution in [3.8, 4) is 28.8 Å². The lowest BCUT2D eigenvalue weighted by Crippen LogP contribution is -2.28. The summed E-state index contributed by atoms with van der Waals surface area (Å²) >= 11 is 0. The number of methoxy groups -OCH3 is 2. The molecule has 1 N–H and O–H groups in total. The van der Waals surface area contributed by atoms with E-state index < -0.39 is 0 Å². The fraction of sp³-hybridized carbons (Fsp3) is 0.286. The van der Waals surface area contributed by atoms with Gasteiger partial charge >= 0.3 is 6.01 Å². The maximum Gasteiger partial charge on any atom is 0.336 e. The van der Waals surface area contributed by atoms with Crippen molar-refractivity contribution in [1.82, 2.24) is 14.8 Å². The number of hydrogen-bond acceptors (Lipinski definition) is 5. The summed E-state index contributed by atoms with van der Waals surface area (Å²) in [5, 5.41) is 7.44. The highest BCUT2D eigenvalue weighted by molar-refractivity contribution is 5.93. The molecule has 0 atom stereocenters. The second kappa shape index (κ2) is 7.72. The van der Waals surface area contributed by atoms with Gasteiger partial charge in [-0.2, -0.15) is 4.98 Å². The lowest BCUT2D eigenvalue weighted by molar-refractivity contribution is -0.122. The number of anilines is 1. The predicted molar refractivity (Wildman–Crippen MR) is 106 cm³/mol. The summed E-state index contributed by atoms with van der Waals surface area (Å²) < 4.78 is 12.3. The molecule has 144 valence electrons. The van der Waals surface area contributed by atoms with E-state index in [1.54, 1.807) is 11.8 Å². The average molecular weight is 378 g/mol. The third-order valence-electron chi connectivity index (χ3n) is 4.93. The first-order valence-electron chi connectivity index (χ1n) is 9.24. The van der Waals surface area contributed by atoms with Crippen LogP contribution in [0, 0.1) is 5.92 Å². The van der Waals surface area contributed by atoms with Gasteiger partial charge in [-0.3, -0.25) is 4.79 Å². The Morgan fingerprint density at radius 2 is 1.93 bits per heavy atom. The summed E-state index contributed by atoms with van der Waals surface area (Å²) in [6, 6.07) is 15.4. The number of carbonyl (C=O) groups excluding carboxylic acids is 1. The Balaban J connectivity index is 1.69. The van der Waals surface area contributed by atoms with E-state index in [2.05, 4.69) is 15.4 Å². The molecule has 7 heteroatoms. The number of benzene rings is 2. The van der Waals surface area contributed by atoms with Crippen molar-refractivity contribution in [3.63, 3.8) is 0 Å². The van der Waals surface area contributed by atoms with Crippen molar-refractivity contribution in [1.29, 1.82) is 0 Å². The number of rotatable bonds is 6. The van der Waals surface area contributed by atoms with Crippen molar-refractivity contribution >= 4 is 11.6 Å². The highest BCUT2D eigenvalue weighted by Gasteiger charge is 2.25. The lowest BCUT2D eigenvalue weighted by Gasteiger charge is -2.24. The predicted octanol–water partition coefficient (Wildman–Crippen LogP) is 3.69. The Bertz CT molecular complexity index is 995. The summed E-state index contributed by atoms with van der Waals surface area (Å²) in [6.45, 7) is 0. The minimum Gasteiger partial charge on any atom is -0.497 e. The first-order valence-corrected chi connectivity index (χ1v) is 9.24. The number of hydrogen-bond donors (Lipinski definition) is 1. The third kappa shape index (κ3) is 3.55. The van der Waals surface area contributed by atoms with Crippen molar-refractivity contribution < 1.29 is 14.3 Å². The van der Waals surface area contributed by atoms with Gasteiger partial charge in [-0.25, -0.2) is 4.68 Å². The molecule has 1 saturated carbocycles. The molecule has 1 heterocycles. The van der Waals surface area contributed by atoms with Crippen LogP contribution in [-0.4, -0.2) is 34.9 Å². The molecular formula is C21H22N4O3. The minimum atomic E-state index is 0.0765. The maximum atomic E-state index is 12.3. The minimum absolute atomic E-state index is 0.0765. The number of nitrogens with zero attached hydrogens (tertiary/aromatic N) is 3. The van der Waals surface area contributed by atoms with Crippen molar-refractivity contribution in [3.05, 3.63) is 48.5 Å². The van der Waals surface area contributed by atoms with Gasteiger partial charge in [0.05, 0.1) is 19.9 Å². The summed E-state index contributed by atoms with van der Waals surface area (Å²) in [7, 11) is 3.16. The Hall–Kier alpha value is -3.35. The van der Waals surface area contributed by atoms with Crippen LogP contribution in [0.1, 0.15) is 19.3 Å². The molecule has 0 spiro atoms. The molecule has 3 aromatic rings. The Kier molecular flexibility index (Phi) is 4.97. The van der Waals surface area contributed by atoms with Crippen LogP contribution >= 0.6 is 0 Å². The third-order valence-corrected chi connectivity index (χ3v) is 4.93. The van der Waals surface area contributed by atoms with Gasteiger partial charge in [-0.05, 0) is 43.2 Å². The van der Waals surface area contributed by atoms with Crippen LogP contribution in [0.4, 0.5) is 5.69 Å². The Morgan fingerprint density at radius 1 is 1.11 bits per heavy atom. The monoisotopic (exact) mass is 378 g/mol. The normalized spacial score (nSPS) is 13.6. The Morgan fingerprint density at radius 3 is 2.64 bits per heavy atom. The van der Waals surface area contributed by atoms with Crippen LogP contribution in [-0.2, 0) is 4.79 Å². The molecule has 2 aromatic carbocycles. The molecule has 0 bridgehead atoms. The first kappa shape index (κ1) is 18.0. The zero-order chi connectivity index (χ0) is 19.5. The van der Waals surface area contributed by atoms with Gasteiger partial charge in [-0.15, -0.1) is 5.10 Å². The van der Waals surface area contributed by atoms with Crippen LogP contribution in [0.3, 0.4) is 0 Å². The molecule has 1 aromatic heterocycles. The van der Waals surface area contributed by atoms with E-state index in [1.165, 1.54) is 7.11 Å². The molecular weight excluding hydrogens is 356 g/mol. The van der Waals surface area contributed by atoms with Crippen LogP contribution in [0.5, 0.6) is 11.8 Å². The number of amides is 1. The zero-order valence-electron chi connectivity index (χ0n) is 15.9. The van der Waals surface area contributed by atoms with Crippen molar-refractivity contribution in [2.75, 3.05) is 19.5 Å². The molecule has 7 nitrogen and oxygen atoms in total. The van der Waals surface area contributed by atoms with Crippen molar-refractivity contribution in [2.45, 2.75) is 19.3 Å². The SMILES string of the molecule is COc1cccc(-c2nc(OC)nn2-c2cccc(NC(=O)C3CCC3)c2)c1. The van der Waals surface area contributed by atoms with Gasteiger partial charge in [0.2, 0.25) is 5.91 Å². The van der Waals surface area contributed by atoms with E-state index in [1.807, 2.05) is 48.5 Å². The van der Waals surface area contributed by atoms with Crippen LogP contribution in [0.2, 0.25) is 0 Å². The zero-order valence-corrected chi connectivity index (χ0v) is 15.9. The average Bonchev–Trinajstić information content (AvgIpc) is 3.11. The molecule has 1 aliphatic rings. The van der Waals surface area contributed by atoms with Crippen molar-refractivity contribution in [2.24, 2.45) is 5.92 Å². The first-order chi connectivity index (χ1) is 13.7. The summed E-state index contributed by atoms with van der Waals surface area (Å²) in [5.41, 5.74) is 2.36. The molecule has 4 rings (SSSR count). The molecule has 1 aliphatic carbocycles. The second-order valence-electron chi connectivity index (χ2n) is 6.73. The summed E-state index contributed by atoms with van der Waals surface area (Å²) in [4.78, 5) is 16.8. The van der Waals surface area contributed by atoms with E-state index >= 15 is 0 Å². The molecule has 28 heavy (non-hydrogen) atoms. The quantitative estimate of drug-likeness (QED) is 0.708. The van der Waals surface area contributed by atoms with Crippen LogP contribution < -0.4 is 14.8 Å². The van der Waals surface area contributed by atoms with Crippen LogP contribution in [0.15, 0.2) is 48.5 Å². The van der Waals surface area contributed by atoms with Gasteiger partial charge in [0.1, 0.15) is 5.75 Å². The van der Waals surface area contributed by atoms with E-state index in [0.29, 0.717) is 5.82 Å². The number of ether oxygens (including phenoxy) is 2. The number of carbonyl (C=O) groups is 1. The highest BCUT2D eigenvalue weighted by atomic mass is 16.5. The lowest BCUT2D eigenvalue weighted by atomic mass is 9.85. The summed E-state index contributed by atoms with van der Waals surface area (Å²) in [6.07, 6.45) is 3.05. The van der Waals surface area contributed by atoms with Crippen LogP contribution in [0.25, 0.3) is 17.1 Å². The van der Waals surface area contributed by atoms with Gasteiger partial charge in [-0.1, -0.05) is 24.6 Å². The summed E-state index contributed by atoms with van der Waals surface area (Å²) in [5.74, 6) is 1.56. The van der Waals surface area contributed by atoms with E-state index in [0.717, 1.165) is 42.0 Å². The Labute approximate surface area is 163 Å². The van der Waals surface area contributed by atoms with Gasteiger partial charge < -0.3 is 14.8 Å². The van der Waals surface area contributed by atoms with E-state index in [-0.39, 0.29) is 17.8 Å². The second-order valence-corrected chi connectivity index (χ2v) is 6.73. The van der Waals surface area contributed by atoms with E-state index in [9.17, 15) is 4.79 Å². The molecule has 1 amide bonds. The highest BCUT2D eigenvalue weighted by Crippen LogP contribution is 2.29. The fourth-order valence-corrected chi connectivity index (χ4v) is 3.14. The van der Waals surface area contributed by atoms with Gasteiger partial charge in [0.25, 0.3) is 0 Å². The fourth-order valence-electron chi connectivity index (χ4n) is 3.14. The van der Waals surface area contributed by atoms with Gasteiger partial charge in [0, 0.05) is 17.2 Å². The topological polar surface area (TPSA) is 78.3 Å². The standard InChI is InChI=1S/C21H22N4O3/c1-27-18-11-4-8-15(12-18)19-23-21(28-2)24-25(19)17-10-5-9-16(13-17)22-20(26)14-6-3-7-14/h4-5,8-14H,3,6-7H2,1-2H3,(H,22,26). The molecule has 0 unspecified atom stereocenters. The number of nitrogens with one attached hydrogen (secondary N) is 1. The molecule has 1 fully saturated rings.